The van der Waals surface area contributed by atoms with Crippen molar-refractivity contribution < 1.29 is 22.0 Å². The predicted molar refractivity (Wildman–Crippen MR) is 105 cm³/mol. The Hall–Kier alpha value is -2.66. The lowest BCUT2D eigenvalue weighted by atomic mass is 10.3. The van der Waals surface area contributed by atoms with Crippen LogP contribution in [0.4, 0.5) is 20.2 Å². The molecule has 11 heteroatoms. The number of nitrogens with one attached hydrogen (secondary N) is 2. The molecule has 0 atom stereocenters. The Morgan fingerprint density at radius 1 is 1.14 bits per heavy atom. The minimum atomic E-state index is -3.39. The van der Waals surface area contributed by atoms with Crippen LogP contribution >= 0.6 is 11.8 Å². The number of amides is 1. The first kappa shape index (κ1) is 20.1. The summed E-state index contributed by atoms with van der Waals surface area (Å²) in [5, 5.41) is 2.71. The van der Waals surface area contributed by atoms with Crippen molar-refractivity contribution in [3.05, 3.63) is 48.5 Å². The summed E-state index contributed by atoms with van der Waals surface area (Å²) in [7, 11) is -3.39. The molecule has 0 saturated carbocycles. The Labute approximate surface area is 164 Å². The molecule has 0 fully saturated rings. The minimum absolute atomic E-state index is 0.0547. The van der Waals surface area contributed by atoms with Gasteiger partial charge in [-0.05, 0) is 48.2 Å². The molecule has 1 aromatic heterocycles. The molecule has 0 aliphatic rings. The molecule has 0 saturated heterocycles. The van der Waals surface area contributed by atoms with Gasteiger partial charge >= 0.3 is 0 Å². The zero-order chi connectivity index (χ0) is 20.3. The Bertz CT molecular complexity index is 1100. The van der Waals surface area contributed by atoms with Crippen molar-refractivity contribution in [3.8, 4) is 0 Å². The molecule has 1 heterocycles. The maximum absolute atomic E-state index is 12.8. The highest BCUT2D eigenvalue weighted by molar-refractivity contribution is 7.99. The molecule has 2 aromatic carbocycles. The van der Waals surface area contributed by atoms with Crippen molar-refractivity contribution >= 4 is 50.1 Å². The third-order valence-corrected chi connectivity index (χ3v) is 4.89. The number of carbonyl (C=O) groups is 1. The van der Waals surface area contributed by atoms with Gasteiger partial charge in [-0.15, -0.1) is 0 Å². The van der Waals surface area contributed by atoms with Crippen LogP contribution in [-0.4, -0.2) is 35.9 Å². The number of hydrogen-bond acceptors (Lipinski definition) is 5. The summed E-state index contributed by atoms with van der Waals surface area (Å²) in [6.07, 6.45) is 1.03. The van der Waals surface area contributed by atoms with Gasteiger partial charge in [0, 0.05) is 11.4 Å². The first-order valence-corrected chi connectivity index (χ1v) is 10.8. The predicted octanol–water partition coefficient (Wildman–Crippen LogP) is 3.36. The number of aromatic nitrogens is 2. The topological polar surface area (TPSA) is 93.1 Å². The number of fused-ring (bicyclic) bond motifs is 1. The highest BCUT2D eigenvalue weighted by Gasteiger charge is 2.17. The normalized spacial score (nSPS) is 11.7. The molecular weight excluding hydrogens is 410 g/mol. The summed E-state index contributed by atoms with van der Waals surface area (Å²) in [4.78, 5) is 16.6. The van der Waals surface area contributed by atoms with Crippen LogP contribution in [0.25, 0.3) is 11.0 Å². The standard InChI is InChI=1S/C17H16F2N4O3S2/c1-28(25,26)22-12-8-6-11(7-9-12)20-15(24)10-23-14-5-3-2-4-13(14)21-17(23)27-16(18)19/h2-9,16,22H,10H2,1H3,(H,20,24). The van der Waals surface area contributed by atoms with E-state index >= 15 is 0 Å². The molecule has 0 radical (unpaired) electrons. The maximum Gasteiger partial charge on any atom is 0.291 e. The number of thioether (sulfide) groups is 1. The van der Waals surface area contributed by atoms with Crippen LogP contribution in [-0.2, 0) is 21.4 Å². The highest BCUT2D eigenvalue weighted by Crippen LogP contribution is 2.28. The Balaban J connectivity index is 1.76. The van der Waals surface area contributed by atoms with Crippen molar-refractivity contribution in [2.24, 2.45) is 0 Å². The maximum atomic E-state index is 12.8. The highest BCUT2D eigenvalue weighted by atomic mass is 32.2. The third-order valence-electron chi connectivity index (χ3n) is 3.59. The van der Waals surface area contributed by atoms with E-state index in [4.69, 9.17) is 0 Å². The SMILES string of the molecule is CS(=O)(=O)Nc1ccc(NC(=O)Cn2c(SC(F)F)nc3ccccc32)cc1. The van der Waals surface area contributed by atoms with Gasteiger partial charge in [0.2, 0.25) is 15.9 Å². The van der Waals surface area contributed by atoms with Crippen LogP contribution in [0.2, 0.25) is 0 Å². The molecule has 0 aliphatic heterocycles. The monoisotopic (exact) mass is 426 g/mol. The van der Waals surface area contributed by atoms with Gasteiger partial charge in [-0.3, -0.25) is 9.52 Å². The number of sulfonamides is 1. The molecule has 0 aliphatic carbocycles. The number of hydrogen-bond donors (Lipinski definition) is 2. The lowest BCUT2D eigenvalue weighted by Gasteiger charge is -2.10. The molecular formula is C17H16F2N4O3S2. The Morgan fingerprint density at radius 2 is 1.79 bits per heavy atom. The summed E-state index contributed by atoms with van der Waals surface area (Å²) in [5.41, 5.74) is 1.90. The minimum Gasteiger partial charge on any atom is -0.325 e. The lowest BCUT2D eigenvalue weighted by Crippen LogP contribution is -2.19. The number of para-hydroxylation sites is 2. The van der Waals surface area contributed by atoms with Crippen molar-refractivity contribution in [2.75, 3.05) is 16.3 Å². The second-order valence-corrected chi connectivity index (χ2v) is 8.55. The summed E-state index contributed by atoms with van der Waals surface area (Å²) in [6.45, 7) is -0.196. The lowest BCUT2D eigenvalue weighted by molar-refractivity contribution is -0.116. The molecule has 0 bridgehead atoms. The van der Waals surface area contributed by atoms with Crippen molar-refractivity contribution in [3.63, 3.8) is 0 Å². The second kappa shape index (κ2) is 8.15. The van der Waals surface area contributed by atoms with E-state index in [-0.39, 0.29) is 23.5 Å². The summed E-state index contributed by atoms with van der Waals surface area (Å²) in [6, 6.07) is 12.9. The number of alkyl halides is 2. The van der Waals surface area contributed by atoms with Gasteiger partial charge in [0.15, 0.2) is 5.16 Å². The molecule has 7 nitrogen and oxygen atoms in total. The molecule has 148 valence electrons. The van der Waals surface area contributed by atoms with Crippen LogP contribution in [0.3, 0.4) is 0 Å². The van der Waals surface area contributed by atoms with E-state index in [0.29, 0.717) is 22.4 Å². The first-order valence-electron chi connectivity index (χ1n) is 7.99. The van der Waals surface area contributed by atoms with E-state index in [1.54, 1.807) is 24.3 Å². The van der Waals surface area contributed by atoms with Gasteiger partial charge in [-0.2, -0.15) is 8.78 Å². The number of carbonyl (C=O) groups excluding carboxylic acids is 1. The van der Waals surface area contributed by atoms with Crippen LogP contribution in [0.1, 0.15) is 0 Å². The Morgan fingerprint density at radius 3 is 2.43 bits per heavy atom. The number of imidazole rings is 1. The van der Waals surface area contributed by atoms with E-state index in [1.807, 2.05) is 0 Å². The second-order valence-electron chi connectivity index (χ2n) is 5.85. The fourth-order valence-electron chi connectivity index (χ4n) is 2.56. The van der Waals surface area contributed by atoms with Gasteiger partial charge < -0.3 is 9.88 Å². The number of halogens is 2. The fraction of sp³-hybridized carbons (Fsp3) is 0.176. The van der Waals surface area contributed by atoms with Crippen LogP contribution in [0.15, 0.2) is 53.7 Å². The zero-order valence-electron chi connectivity index (χ0n) is 14.6. The molecule has 28 heavy (non-hydrogen) atoms. The fourth-order valence-corrected chi connectivity index (χ4v) is 3.72. The van der Waals surface area contributed by atoms with Gasteiger partial charge in [-0.1, -0.05) is 12.1 Å². The largest absolute Gasteiger partial charge is 0.325 e. The average molecular weight is 426 g/mol. The number of nitrogens with zero attached hydrogens (tertiary/aromatic N) is 2. The molecule has 3 rings (SSSR count). The summed E-state index contributed by atoms with van der Waals surface area (Å²) < 4.78 is 51.8. The van der Waals surface area contributed by atoms with E-state index < -0.39 is 21.7 Å². The van der Waals surface area contributed by atoms with E-state index in [9.17, 15) is 22.0 Å². The van der Waals surface area contributed by atoms with E-state index in [1.165, 1.54) is 28.8 Å². The zero-order valence-corrected chi connectivity index (χ0v) is 16.2. The number of rotatable bonds is 7. The van der Waals surface area contributed by atoms with Crippen LogP contribution in [0, 0.1) is 0 Å². The smallest absolute Gasteiger partial charge is 0.291 e. The quantitative estimate of drug-likeness (QED) is 0.565. The third kappa shape index (κ3) is 5.20. The van der Waals surface area contributed by atoms with Crippen molar-refractivity contribution in [1.29, 1.82) is 0 Å². The molecule has 0 unspecified atom stereocenters. The summed E-state index contributed by atoms with van der Waals surface area (Å²) >= 11 is 0.280. The first-order chi connectivity index (χ1) is 13.2. The van der Waals surface area contributed by atoms with Crippen molar-refractivity contribution in [2.45, 2.75) is 17.5 Å². The van der Waals surface area contributed by atoms with Gasteiger partial charge in [-0.25, -0.2) is 13.4 Å². The van der Waals surface area contributed by atoms with E-state index in [2.05, 4.69) is 15.0 Å². The Kier molecular flexibility index (Phi) is 5.84. The van der Waals surface area contributed by atoms with Gasteiger partial charge in [0.25, 0.3) is 5.76 Å². The molecule has 1 amide bonds. The average Bonchev–Trinajstić information content (AvgIpc) is 2.92. The number of anilines is 2. The van der Waals surface area contributed by atoms with Gasteiger partial charge in [0.05, 0.1) is 17.3 Å². The summed E-state index contributed by atoms with van der Waals surface area (Å²) in [5.74, 6) is -3.09. The number of benzene rings is 2. The van der Waals surface area contributed by atoms with Gasteiger partial charge in [0.1, 0.15) is 6.54 Å². The van der Waals surface area contributed by atoms with E-state index in [0.717, 1.165) is 6.26 Å². The molecule has 2 N–H and O–H groups in total. The molecule has 3 aromatic rings. The van der Waals surface area contributed by atoms with Crippen LogP contribution in [0.5, 0.6) is 0 Å². The van der Waals surface area contributed by atoms with Crippen molar-refractivity contribution in [1.82, 2.24) is 9.55 Å². The van der Waals surface area contributed by atoms with Crippen LogP contribution < -0.4 is 10.0 Å². The molecule has 0 spiro atoms.